The van der Waals surface area contributed by atoms with Crippen molar-refractivity contribution in [3.05, 3.63) is 35.9 Å². The van der Waals surface area contributed by atoms with Gasteiger partial charge in [-0.15, -0.1) is 0 Å². The fraction of sp³-hybridized carbons (Fsp3) is 0.619. The molecule has 1 aliphatic heterocycles. The summed E-state index contributed by atoms with van der Waals surface area (Å²) in [5.74, 6) is -5.91. The summed E-state index contributed by atoms with van der Waals surface area (Å²) >= 11 is 0. The zero-order valence-corrected chi connectivity index (χ0v) is 18.8. The highest BCUT2D eigenvalue weighted by atomic mass is 31.2. The second-order valence-corrected chi connectivity index (χ2v) is 10.00. The zero-order chi connectivity index (χ0) is 23.8. The maximum absolute atomic E-state index is 13.8. The summed E-state index contributed by atoms with van der Waals surface area (Å²) in [7, 11) is -4.20. The number of carbonyl (C=O) groups excluding carboxylic acids is 1. The van der Waals surface area contributed by atoms with E-state index in [4.69, 9.17) is 10.3 Å². The fourth-order valence-electron chi connectivity index (χ4n) is 3.69. The molecule has 1 saturated heterocycles. The monoisotopic (exact) mass is 476 g/mol. The highest BCUT2D eigenvalue weighted by molar-refractivity contribution is 7.52. The van der Waals surface area contributed by atoms with Gasteiger partial charge < -0.3 is 20.6 Å². The summed E-state index contributed by atoms with van der Waals surface area (Å²) in [5, 5.41) is 9.24. The van der Waals surface area contributed by atoms with Gasteiger partial charge in [-0.3, -0.25) is 13.9 Å². The lowest BCUT2D eigenvalue weighted by molar-refractivity contribution is -0.151. The molecule has 3 atom stereocenters. The molecule has 1 aromatic carbocycles. The van der Waals surface area contributed by atoms with E-state index < -0.39 is 50.5 Å². The number of aliphatic carboxylic acids is 1. The smallest absolute Gasteiger partial charge is 0.328 e. The third kappa shape index (κ3) is 8.24. The van der Waals surface area contributed by atoms with E-state index in [-0.39, 0.29) is 12.6 Å². The first-order chi connectivity index (χ1) is 15.0. The number of alkyl halides is 2. The van der Waals surface area contributed by atoms with Crippen LogP contribution in [0.1, 0.15) is 44.1 Å². The van der Waals surface area contributed by atoms with Crippen LogP contribution < -0.4 is 5.73 Å². The molecule has 1 heterocycles. The minimum absolute atomic E-state index is 0.0149. The standard InChI is InChI=1S/C21H31F2N2O6P/c22-21(23)14-17(20(27)28)25(15-21)19(26)18(11-4-6-12-24)31-32(29,30)13-7-5-10-16-8-2-1-3-9-16/h1-3,8-9,17-18H,4-7,10-15,24H2,(H,27,28)(H,29,30)/t17-,18-/m0/s1. The molecule has 0 aromatic heterocycles. The van der Waals surface area contributed by atoms with Gasteiger partial charge in [0.05, 0.1) is 12.7 Å². The third-order valence-electron chi connectivity index (χ3n) is 5.32. The van der Waals surface area contributed by atoms with Crippen molar-refractivity contribution >= 4 is 19.5 Å². The molecule has 1 unspecified atom stereocenters. The molecular weight excluding hydrogens is 445 g/mol. The predicted octanol–water partition coefficient (Wildman–Crippen LogP) is 3.03. The largest absolute Gasteiger partial charge is 0.480 e. The van der Waals surface area contributed by atoms with Gasteiger partial charge in [0, 0.05) is 6.42 Å². The number of aryl methyl sites for hydroxylation is 1. The van der Waals surface area contributed by atoms with E-state index in [1.807, 2.05) is 30.3 Å². The number of hydrogen-bond acceptors (Lipinski definition) is 5. The lowest BCUT2D eigenvalue weighted by atomic mass is 10.1. The fourth-order valence-corrected chi connectivity index (χ4v) is 5.01. The van der Waals surface area contributed by atoms with Crippen molar-refractivity contribution in [2.45, 2.75) is 63.0 Å². The van der Waals surface area contributed by atoms with Gasteiger partial charge in [-0.1, -0.05) is 30.3 Å². The molecule has 0 bridgehead atoms. The predicted molar refractivity (Wildman–Crippen MR) is 115 cm³/mol. The van der Waals surface area contributed by atoms with Crippen LogP contribution in [0.25, 0.3) is 0 Å². The molecule has 2 rings (SSSR count). The minimum atomic E-state index is -4.20. The van der Waals surface area contributed by atoms with Gasteiger partial charge in [-0.25, -0.2) is 13.6 Å². The van der Waals surface area contributed by atoms with E-state index in [0.717, 1.165) is 5.56 Å². The van der Waals surface area contributed by atoms with Crippen LogP contribution in [0, 0.1) is 0 Å². The zero-order valence-electron chi connectivity index (χ0n) is 17.9. The average Bonchev–Trinajstić information content (AvgIpc) is 3.07. The number of nitrogens with zero attached hydrogens (tertiary/aromatic N) is 1. The summed E-state index contributed by atoms with van der Waals surface area (Å²) in [5.41, 5.74) is 6.54. The van der Waals surface area contributed by atoms with Crippen LogP contribution in [0.5, 0.6) is 0 Å². The molecule has 8 nitrogen and oxygen atoms in total. The first-order valence-corrected chi connectivity index (χ1v) is 12.5. The summed E-state index contributed by atoms with van der Waals surface area (Å²) in [6.07, 6.45) is -0.126. The Hall–Kier alpha value is -1.87. The Morgan fingerprint density at radius 2 is 1.91 bits per heavy atom. The molecule has 32 heavy (non-hydrogen) atoms. The molecule has 1 fully saturated rings. The van der Waals surface area contributed by atoms with Crippen LogP contribution >= 0.6 is 7.60 Å². The molecule has 1 aromatic rings. The van der Waals surface area contributed by atoms with Gasteiger partial charge in [0.2, 0.25) is 0 Å². The topological polar surface area (TPSA) is 130 Å². The number of unbranched alkanes of at least 4 members (excludes halogenated alkanes) is 2. The number of hydrogen-bond donors (Lipinski definition) is 3. The normalized spacial score (nSPS) is 20.6. The maximum Gasteiger partial charge on any atom is 0.328 e. The SMILES string of the molecule is NCCCC[C@H](OP(=O)(O)CCCCc1ccccc1)C(=O)N1CC(F)(F)C[C@H]1C(=O)O. The number of carboxylic acid groups (broad SMARTS) is 1. The number of carboxylic acids is 1. The summed E-state index contributed by atoms with van der Waals surface area (Å²) in [6.45, 7) is -0.747. The Morgan fingerprint density at radius 1 is 1.22 bits per heavy atom. The Labute approximate surface area is 186 Å². The van der Waals surface area contributed by atoms with Crippen LogP contribution in [-0.4, -0.2) is 64.1 Å². The molecule has 180 valence electrons. The Balaban J connectivity index is 2.00. The second kappa shape index (κ2) is 11.8. The van der Waals surface area contributed by atoms with Crippen LogP contribution in [0.15, 0.2) is 30.3 Å². The van der Waals surface area contributed by atoms with Gasteiger partial charge >= 0.3 is 13.6 Å². The van der Waals surface area contributed by atoms with E-state index in [2.05, 4.69) is 0 Å². The molecule has 0 spiro atoms. The average molecular weight is 476 g/mol. The van der Waals surface area contributed by atoms with Gasteiger partial charge in [-0.05, 0) is 50.6 Å². The second-order valence-electron chi connectivity index (χ2n) is 8.06. The van der Waals surface area contributed by atoms with Crippen molar-refractivity contribution < 1.29 is 37.5 Å². The number of amides is 1. The molecular formula is C21H31F2N2O6P. The van der Waals surface area contributed by atoms with Crippen LogP contribution in [0.3, 0.4) is 0 Å². The van der Waals surface area contributed by atoms with Crippen LogP contribution in [-0.2, 0) is 25.1 Å². The highest BCUT2D eigenvalue weighted by Gasteiger charge is 2.51. The first-order valence-electron chi connectivity index (χ1n) is 10.7. The number of rotatable bonds is 13. The Bertz CT molecular complexity index is 811. The Kier molecular flexibility index (Phi) is 9.76. The van der Waals surface area contributed by atoms with Crippen molar-refractivity contribution in [2.24, 2.45) is 5.73 Å². The number of halogens is 2. The minimum Gasteiger partial charge on any atom is -0.480 e. The van der Waals surface area contributed by atoms with Crippen LogP contribution in [0.4, 0.5) is 8.78 Å². The number of benzene rings is 1. The van der Waals surface area contributed by atoms with Crippen molar-refractivity contribution in [1.29, 1.82) is 0 Å². The maximum atomic E-state index is 13.8. The van der Waals surface area contributed by atoms with E-state index in [0.29, 0.717) is 43.5 Å². The number of likely N-dealkylation sites (tertiary alicyclic amines) is 1. The molecule has 0 aliphatic carbocycles. The van der Waals surface area contributed by atoms with Crippen molar-refractivity contribution in [2.75, 3.05) is 19.3 Å². The molecule has 0 saturated carbocycles. The first kappa shape index (κ1) is 26.4. The lowest BCUT2D eigenvalue weighted by Crippen LogP contribution is -2.46. The Morgan fingerprint density at radius 3 is 2.53 bits per heavy atom. The van der Waals surface area contributed by atoms with Crippen molar-refractivity contribution in [3.63, 3.8) is 0 Å². The lowest BCUT2D eigenvalue weighted by Gasteiger charge is -2.27. The number of nitrogens with two attached hydrogens (primary N) is 1. The molecule has 4 N–H and O–H groups in total. The van der Waals surface area contributed by atoms with E-state index in [1.54, 1.807) is 0 Å². The van der Waals surface area contributed by atoms with E-state index in [1.165, 1.54) is 0 Å². The van der Waals surface area contributed by atoms with Gasteiger partial charge in [0.15, 0.2) is 0 Å². The molecule has 0 radical (unpaired) electrons. The summed E-state index contributed by atoms with van der Waals surface area (Å²) in [4.78, 5) is 35.1. The van der Waals surface area contributed by atoms with Gasteiger partial charge in [0.1, 0.15) is 12.1 Å². The summed E-state index contributed by atoms with van der Waals surface area (Å²) in [6, 6.07) is 7.89. The van der Waals surface area contributed by atoms with Crippen LogP contribution in [0.2, 0.25) is 0 Å². The molecule has 1 aliphatic rings. The quantitative estimate of drug-likeness (QED) is 0.295. The summed E-state index contributed by atoms with van der Waals surface area (Å²) < 4.78 is 45.5. The number of carbonyl (C=O) groups is 2. The molecule has 11 heteroatoms. The van der Waals surface area contributed by atoms with E-state index in [9.17, 15) is 32.9 Å². The molecule has 1 amide bonds. The van der Waals surface area contributed by atoms with Crippen molar-refractivity contribution in [3.8, 4) is 0 Å². The third-order valence-corrected chi connectivity index (χ3v) is 6.79. The van der Waals surface area contributed by atoms with E-state index >= 15 is 0 Å². The highest BCUT2D eigenvalue weighted by Crippen LogP contribution is 2.46. The van der Waals surface area contributed by atoms with Gasteiger partial charge in [0.25, 0.3) is 11.8 Å². The van der Waals surface area contributed by atoms with Gasteiger partial charge in [-0.2, -0.15) is 0 Å². The van der Waals surface area contributed by atoms with Crippen molar-refractivity contribution in [1.82, 2.24) is 4.90 Å².